The Morgan fingerprint density at radius 1 is 1.40 bits per heavy atom. The van der Waals surface area contributed by atoms with Gasteiger partial charge in [0.05, 0.1) is 19.5 Å². The first kappa shape index (κ1) is 16.9. The van der Waals surface area contributed by atoms with E-state index in [1.807, 2.05) is 0 Å². The number of thiocarbonyl (C=S) groups is 1. The van der Waals surface area contributed by atoms with Gasteiger partial charge in [0.1, 0.15) is 0 Å². The predicted octanol–water partition coefficient (Wildman–Crippen LogP) is 0.638. The average Bonchev–Trinajstić information content (AvgIpc) is 2.94. The molecule has 1 aliphatic rings. The van der Waals surface area contributed by atoms with Gasteiger partial charge in [-0.1, -0.05) is 0 Å². The van der Waals surface area contributed by atoms with E-state index in [9.17, 15) is 4.79 Å². The monoisotopic (exact) mass is 319 g/mol. The van der Waals surface area contributed by atoms with Crippen LogP contribution in [-0.2, 0) is 4.74 Å². The van der Waals surface area contributed by atoms with Crippen molar-refractivity contribution in [1.82, 2.24) is 15.5 Å². The Morgan fingerprint density at radius 2 is 2.15 bits per heavy atom. The van der Waals surface area contributed by atoms with E-state index in [1.165, 1.54) is 6.26 Å². The molecule has 1 fully saturated rings. The molecule has 0 aromatic carbocycles. The molecule has 1 amide bonds. The molecular formula is C12H18ClN3O3S. The molecule has 1 aliphatic heterocycles. The van der Waals surface area contributed by atoms with Crippen molar-refractivity contribution in [3.05, 3.63) is 24.2 Å². The fourth-order valence-electron chi connectivity index (χ4n) is 1.77. The van der Waals surface area contributed by atoms with Crippen molar-refractivity contribution in [2.75, 3.05) is 39.4 Å². The van der Waals surface area contributed by atoms with Crippen molar-refractivity contribution in [3.63, 3.8) is 0 Å². The van der Waals surface area contributed by atoms with Crippen LogP contribution < -0.4 is 10.6 Å². The Morgan fingerprint density at radius 3 is 2.80 bits per heavy atom. The third kappa shape index (κ3) is 5.46. The number of rotatable bonds is 4. The Balaban J connectivity index is 0.00000200. The number of ether oxygens (including phenoxy) is 1. The Labute approximate surface area is 129 Å². The number of furan rings is 1. The minimum absolute atomic E-state index is 0. The molecule has 0 unspecified atom stereocenters. The molecule has 0 bridgehead atoms. The second kappa shape index (κ2) is 8.91. The first-order valence-corrected chi connectivity index (χ1v) is 6.59. The summed E-state index contributed by atoms with van der Waals surface area (Å²) in [5, 5.41) is 5.88. The SMILES string of the molecule is Cl.O=C(NC(=S)NCCN1CCOCC1)c1ccco1. The number of nitrogens with one attached hydrogen (secondary N) is 2. The Hall–Kier alpha value is -1.15. The number of nitrogens with zero attached hydrogens (tertiary/aromatic N) is 1. The Bertz CT molecular complexity index is 422. The standard InChI is InChI=1S/C12H17N3O3S.ClH/c16-11(10-2-1-7-18-10)14-12(19)13-3-4-15-5-8-17-9-6-15;/h1-2,7H,3-6,8-9H2,(H2,13,14,16,19);1H. The molecule has 0 saturated carbocycles. The lowest BCUT2D eigenvalue weighted by atomic mass is 10.4. The summed E-state index contributed by atoms with van der Waals surface area (Å²) in [6, 6.07) is 3.25. The molecule has 1 aromatic heterocycles. The Kier molecular flexibility index (Phi) is 7.53. The quantitative estimate of drug-likeness (QED) is 0.794. The van der Waals surface area contributed by atoms with Gasteiger partial charge in [-0.3, -0.25) is 15.0 Å². The van der Waals surface area contributed by atoms with Crippen LogP contribution in [0, 0.1) is 0 Å². The normalized spacial score (nSPS) is 15.2. The number of hydrogen-bond donors (Lipinski definition) is 2. The van der Waals surface area contributed by atoms with Crippen molar-refractivity contribution < 1.29 is 13.9 Å². The summed E-state index contributed by atoms with van der Waals surface area (Å²) in [7, 11) is 0. The highest BCUT2D eigenvalue weighted by molar-refractivity contribution is 7.80. The molecule has 2 N–H and O–H groups in total. The van der Waals surface area contributed by atoms with Gasteiger partial charge in [0.15, 0.2) is 10.9 Å². The van der Waals surface area contributed by atoms with Gasteiger partial charge in [-0.2, -0.15) is 0 Å². The number of hydrogen-bond acceptors (Lipinski definition) is 5. The highest BCUT2D eigenvalue weighted by atomic mass is 35.5. The summed E-state index contributed by atoms with van der Waals surface area (Å²) < 4.78 is 10.2. The van der Waals surface area contributed by atoms with Crippen LogP contribution in [-0.4, -0.2) is 55.3 Å². The topological polar surface area (TPSA) is 66.7 Å². The number of carbonyl (C=O) groups is 1. The molecule has 0 spiro atoms. The van der Waals surface area contributed by atoms with E-state index in [0.717, 1.165) is 32.8 Å². The van der Waals surface area contributed by atoms with Gasteiger partial charge < -0.3 is 14.5 Å². The maximum Gasteiger partial charge on any atom is 0.293 e. The van der Waals surface area contributed by atoms with Crippen LogP contribution in [0.4, 0.5) is 0 Å². The first-order chi connectivity index (χ1) is 9.25. The van der Waals surface area contributed by atoms with Crippen LogP contribution in [0.25, 0.3) is 0 Å². The second-order valence-corrected chi connectivity index (χ2v) is 4.55. The van der Waals surface area contributed by atoms with E-state index >= 15 is 0 Å². The minimum Gasteiger partial charge on any atom is -0.459 e. The van der Waals surface area contributed by atoms with Crippen LogP contribution in [0.15, 0.2) is 22.8 Å². The smallest absolute Gasteiger partial charge is 0.293 e. The average molecular weight is 320 g/mol. The molecule has 0 atom stereocenters. The summed E-state index contributed by atoms with van der Waals surface area (Å²) >= 11 is 5.04. The van der Waals surface area contributed by atoms with E-state index < -0.39 is 0 Å². The fourth-order valence-corrected chi connectivity index (χ4v) is 1.96. The maximum absolute atomic E-state index is 11.6. The number of amides is 1. The molecule has 0 aliphatic carbocycles. The van der Waals surface area contributed by atoms with E-state index in [4.69, 9.17) is 21.4 Å². The van der Waals surface area contributed by atoms with E-state index in [-0.39, 0.29) is 24.1 Å². The van der Waals surface area contributed by atoms with Gasteiger partial charge >= 0.3 is 0 Å². The van der Waals surface area contributed by atoms with E-state index in [2.05, 4.69) is 15.5 Å². The lowest BCUT2D eigenvalue weighted by Gasteiger charge is -2.26. The van der Waals surface area contributed by atoms with E-state index in [0.29, 0.717) is 11.7 Å². The maximum atomic E-state index is 11.6. The van der Waals surface area contributed by atoms with Gasteiger partial charge in [0.2, 0.25) is 0 Å². The van der Waals surface area contributed by atoms with Crippen LogP contribution >= 0.6 is 24.6 Å². The van der Waals surface area contributed by atoms with Crippen LogP contribution in [0.2, 0.25) is 0 Å². The number of halogens is 1. The van der Waals surface area contributed by atoms with Crippen molar-refractivity contribution in [2.24, 2.45) is 0 Å². The van der Waals surface area contributed by atoms with Crippen molar-refractivity contribution in [2.45, 2.75) is 0 Å². The van der Waals surface area contributed by atoms with Crippen LogP contribution in [0.5, 0.6) is 0 Å². The molecule has 6 nitrogen and oxygen atoms in total. The molecule has 1 saturated heterocycles. The van der Waals surface area contributed by atoms with Crippen LogP contribution in [0.3, 0.4) is 0 Å². The molecule has 8 heteroatoms. The zero-order chi connectivity index (χ0) is 13.5. The summed E-state index contributed by atoms with van der Waals surface area (Å²) in [5.74, 6) is -0.0915. The van der Waals surface area contributed by atoms with Gasteiger partial charge in [0.25, 0.3) is 5.91 Å². The summed E-state index contributed by atoms with van der Waals surface area (Å²) in [6.45, 7) is 5.00. The van der Waals surface area contributed by atoms with Crippen molar-refractivity contribution in [1.29, 1.82) is 0 Å². The largest absolute Gasteiger partial charge is 0.459 e. The lowest BCUT2D eigenvalue weighted by Crippen LogP contribution is -2.44. The lowest BCUT2D eigenvalue weighted by molar-refractivity contribution is 0.0389. The predicted molar refractivity (Wildman–Crippen MR) is 81.3 cm³/mol. The van der Waals surface area contributed by atoms with Gasteiger partial charge in [-0.25, -0.2) is 0 Å². The summed E-state index contributed by atoms with van der Waals surface area (Å²) in [4.78, 5) is 13.9. The molecular weight excluding hydrogens is 302 g/mol. The molecule has 0 radical (unpaired) electrons. The third-order valence-electron chi connectivity index (χ3n) is 2.79. The van der Waals surface area contributed by atoms with Gasteiger partial charge in [0, 0.05) is 26.2 Å². The molecule has 20 heavy (non-hydrogen) atoms. The molecule has 2 heterocycles. The molecule has 2 rings (SSSR count). The highest BCUT2D eigenvalue weighted by Gasteiger charge is 2.11. The summed E-state index contributed by atoms with van der Waals surface area (Å²) in [5.41, 5.74) is 0. The zero-order valence-corrected chi connectivity index (χ0v) is 12.6. The first-order valence-electron chi connectivity index (χ1n) is 6.18. The third-order valence-corrected chi connectivity index (χ3v) is 3.04. The fraction of sp³-hybridized carbons (Fsp3) is 0.500. The second-order valence-electron chi connectivity index (χ2n) is 4.14. The minimum atomic E-state index is -0.339. The highest BCUT2D eigenvalue weighted by Crippen LogP contribution is 1.98. The van der Waals surface area contributed by atoms with Gasteiger partial charge in [-0.05, 0) is 24.4 Å². The zero-order valence-electron chi connectivity index (χ0n) is 11.0. The van der Waals surface area contributed by atoms with Crippen LogP contribution in [0.1, 0.15) is 10.6 Å². The van der Waals surface area contributed by atoms with Gasteiger partial charge in [-0.15, -0.1) is 12.4 Å². The number of morpholine rings is 1. The number of carbonyl (C=O) groups excluding carboxylic acids is 1. The van der Waals surface area contributed by atoms with Crippen molar-refractivity contribution >= 4 is 35.6 Å². The van der Waals surface area contributed by atoms with E-state index in [1.54, 1.807) is 12.1 Å². The molecule has 112 valence electrons. The molecule has 1 aromatic rings. The summed E-state index contributed by atoms with van der Waals surface area (Å²) in [6.07, 6.45) is 1.45. The van der Waals surface area contributed by atoms with Crippen molar-refractivity contribution in [3.8, 4) is 0 Å².